The highest BCUT2D eigenvalue weighted by atomic mass is 16.5. The van der Waals surface area contributed by atoms with Crippen LogP contribution in [0.5, 0.6) is 0 Å². The van der Waals surface area contributed by atoms with Crippen molar-refractivity contribution in [3.8, 4) is 0 Å². The smallest absolute Gasteiger partial charge is 0.460 e. The van der Waals surface area contributed by atoms with E-state index in [0.29, 0.717) is 19.6 Å². The van der Waals surface area contributed by atoms with E-state index in [0.717, 1.165) is 7.11 Å². The molecule has 0 N–H and O–H groups in total. The second-order valence-electron chi connectivity index (χ2n) is 4.05. The summed E-state index contributed by atoms with van der Waals surface area (Å²) in [6.45, 7) is 4.38. The lowest BCUT2D eigenvalue weighted by molar-refractivity contribution is -0.178. The number of nitrogens with zero attached hydrogens (tertiary/aromatic N) is 3. The largest absolute Gasteiger partial charge is 0.463 e. The quantitative estimate of drug-likeness (QED) is 0.220. The number of esters is 1. The molecule has 0 saturated carbocycles. The summed E-state index contributed by atoms with van der Waals surface area (Å²) in [7, 11) is 1.11. The predicted molar refractivity (Wildman–Crippen MR) is 57.0 cm³/mol. The molecule has 0 unspecified atom stereocenters. The van der Waals surface area contributed by atoms with Gasteiger partial charge in [-0.05, 0) is 20.3 Å². The Bertz CT molecular complexity index is 385. The van der Waals surface area contributed by atoms with Crippen LogP contribution in [-0.2, 0) is 19.1 Å². The van der Waals surface area contributed by atoms with Crippen molar-refractivity contribution < 1.29 is 23.9 Å². The molecule has 0 aromatic heterocycles. The number of ether oxygens (including phenoxy) is 2. The van der Waals surface area contributed by atoms with Gasteiger partial charge in [0.2, 0.25) is 0 Å². The van der Waals surface area contributed by atoms with Gasteiger partial charge < -0.3 is 19.9 Å². The fourth-order valence-corrected chi connectivity index (χ4v) is 1.63. The molecule has 1 rings (SSSR count). The summed E-state index contributed by atoms with van der Waals surface area (Å²) < 4.78 is 9.79. The molecule has 0 aromatic carbocycles. The van der Waals surface area contributed by atoms with Gasteiger partial charge in [0, 0.05) is 6.54 Å². The number of hydrogen-bond acceptors (Lipinski definition) is 4. The molecule has 0 bridgehead atoms. The molecule has 17 heavy (non-hydrogen) atoms. The van der Waals surface area contributed by atoms with Crippen LogP contribution in [0.4, 0.5) is 0 Å². The zero-order valence-corrected chi connectivity index (χ0v) is 10.1. The van der Waals surface area contributed by atoms with Gasteiger partial charge in [-0.15, -0.1) is 0 Å². The molecular formula is C10H15N3O4. The van der Waals surface area contributed by atoms with Gasteiger partial charge >= 0.3 is 17.6 Å². The number of rotatable bonds is 2. The Morgan fingerprint density at radius 3 is 2.59 bits per heavy atom. The van der Waals surface area contributed by atoms with E-state index in [9.17, 15) is 9.59 Å². The first-order valence-electron chi connectivity index (χ1n) is 5.20. The van der Waals surface area contributed by atoms with Gasteiger partial charge in [0.15, 0.2) is 0 Å². The van der Waals surface area contributed by atoms with Crippen LogP contribution in [0.2, 0.25) is 0 Å². The molecule has 0 atom stereocenters. The normalized spacial score (nSPS) is 18.2. The van der Waals surface area contributed by atoms with Crippen LogP contribution in [0.3, 0.4) is 0 Å². The zero-order chi connectivity index (χ0) is 13.1. The first-order chi connectivity index (χ1) is 7.94. The fraction of sp³-hybridized carbons (Fsp3) is 0.700. The van der Waals surface area contributed by atoms with Crippen molar-refractivity contribution >= 4 is 17.6 Å². The van der Waals surface area contributed by atoms with Crippen molar-refractivity contribution in [2.24, 2.45) is 0 Å². The minimum Gasteiger partial charge on any atom is -0.460 e. The van der Waals surface area contributed by atoms with Gasteiger partial charge in [0.05, 0.1) is 13.7 Å². The van der Waals surface area contributed by atoms with Crippen molar-refractivity contribution in [3.63, 3.8) is 0 Å². The maximum Gasteiger partial charge on any atom is 0.463 e. The standard InChI is InChI=1S/C10H15N3O4/c1-10(2)13(5-4-6-17-10)8(14)7(12-11)9(15)16-3/h4-6H2,1-3H3. The fourth-order valence-electron chi connectivity index (χ4n) is 1.63. The van der Waals surface area contributed by atoms with Crippen molar-refractivity contribution in [3.05, 3.63) is 5.53 Å². The van der Waals surface area contributed by atoms with Gasteiger partial charge in [-0.1, -0.05) is 0 Å². The van der Waals surface area contributed by atoms with Gasteiger partial charge in [-0.25, -0.2) is 4.79 Å². The summed E-state index contributed by atoms with van der Waals surface area (Å²) in [4.78, 5) is 27.3. The highest BCUT2D eigenvalue weighted by Gasteiger charge is 2.43. The minimum absolute atomic E-state index is 0.432. The molecule has 1 aliphatic rings. The summed E-state index contributed by atoms with van der Waals surface area (Å²) in [6, 6.07) is 0. The Morgan fingerprint density at radius 1 is 1.47 bits per heavy atom. The summed E-state index contributed by atoms with van der Waals surface area (Å²) in [5.74, 6) is -1.68. The number of amides is 1. The second kappa shape index (κ2) is 5.07. The van der Waals surface area contributed by atoms with E-state index in [1.165, 1.54) is 4.90 Å². The summed E-state index contributed by atoms with van der Waals surface area (Å²) in [6.07, 6.45) is 0.662. The lowest BCUT2D eigenvalue weighted by atomic mass is 10.1. The molecule has 0 aromatic rings. The van der Waals surface area contributed by atoms with Crippen molar-refractivity contribution in [2.75, 3.05) is 20.3 Å². The van der Waals surface area contributed by atoms with E-state index in [4.69, 9.17) is 10.3 Å². The van der Waals surface area contributed by atoms with Crippen LogP contribution in [0, 0.1) is 0 Å². The van der Waals surface area contributed by atoms with E-state index in [-0.39, 0.29) is 0 Å². The summed E-state index contributed by atoms with van der Waals surface area (Å²) >= 11 is 0. The molecule has 0 radical (unpaired) electrons. The second-order valence-corrected chi connectivity index (χ2v) is 4.05. The van der Waals surface area contributed by atoms with E-state index in [1.54, 1.807) is 13.8 Å². The zero-order valence-electron chi connectivity index (χ0n) is 10.1. The van der Waals surface area contributed by atoms with Crippen LogP contribution in [0.25, 0.3) is 5.53 Å². The van der Waals surface area contributed by atoms with Crippen molar-refractivity contribution in [1.29, 1.82) is 0 Å². The lowest BCUT2D eigenvalue weighted by Crippen LogP contribution is -2.56. The number of methoxy groups -OCH3 is 1. The van der Waals surface area contributed by atoms with Gasteiger partial charge in [-0.2, -0.15) is 4.79 Å². The Labute approximate surface area is 98.9 Å². The number of carbonyl (C=O) groups is 2. The summed E-state index contributed by atoms with van der Waals surface area (Å²) in [5, 5.41) is 0. The van der Waals surface area contributed by atoms with Crippen molar-refractivity contribution in [2.45, 2.75) is 26.0 Å². The Morgan fingerprint density at radius 2 is 2.12 bits per heavy atom. The molecule has 0 spiro atoms. The molecule has 1 saturated heterocycles. The molecule has 7 nitrogen and oxygen atoms in total. The first kappa shape index (κ1) is 13.3. The Kier molecular flexibility index (Phi) is 3.98. The molecule has 1 fully saturated rings. The minimum atomic E-state index is -0.973. The van der Waals surface area contributed by atoms with Gasteiger partial charge in [-0.3, -0.25) is 4.79 Å². The first-order valence-corrected chi connectivity index (χ1v) is 5.20. The molecule has 94 valence electrons. The van der Waals surface area contributed by atoms with E-state index >= 15 is 0 Å². The third-order valence-electron chi connectivity index (χ3n) is 2.56. The van der Waals surface area contributed by atoms with Crippen LogP contribution in [-0.4, -0.2) is 53.3 Å². The highest BCUT2D eigenvalue weighted by molar-refractivity contribution is 6.61. The Balaban J connectivity index is 2.95. The van der Waals surface area contributed by atoms with Gasteiger partial charge in [0.25, 0.3) is 0 Å². The van der Waals surface area contributed by atoms with Crippen LogP contribution < -0.4 is 0 Å². The van der Waals surface area contributed by atoms with Crippen LogP contribution in [0.1, 0.15) is 20.3 Å². The molecule has 1 amide bonds. The molecule has 1 heterocycles. The molecule has 0 aliphatic carbocycles. The van der Waals surface area contributed by atoms with Crippen molar-refractivity contribution in [1.82, 2.24) is 4.90 Å². The average Bonchev–Trinajstić information content (AvgIpc) is 2.28. The van der Waals surface area contributed by atoms with Crippen LogP contribution in [0.15, 0.2) is 0 Å². The third kappa shape index (κ3) is 2.69. The maximum absolute atomic E-state index is 12.0. The lowest BCUT2D eigenvalue weighted by Gasteiger charge is -2.40. The van der Waals surface area contributed by atoms with Crippen LogP contribution >= 0.6 is 0 Å². The molecule has 1 aliphatic heterocycles. The van der Waals surface area contributed by atoms with E-state index in [2.05, 4.69) is 9.53 Å². The molecular weight excluding hydrogens is 226 g/mol. The molecule has 7 heteroatoms. The monoisotopic (exact) mass is 241 g/mol. The SMILES string of the molecule is COC(=O)C(=[N+]=[N-])C(=O)N1CCCOC1(C)C. The number of hydrogen-bond donors (Lipinski definition) is 0. The topological polar surface area (TPSA) is 92.2 Å². The van der Waals surface area contributed by atoms with Gasteiger partial charge in [0.1, 0.15) is 5.72 Å². The Hall–Kier alpha value is -1.72. The summed E-state index contributed by atoms with van der Waals surface area (Å²) in [5.41, 5.74) is 7.22. The average molecular weight is 241 g/mol. The maximum atomic E-state index is 12.0. The predicted octanol–water partition coefficient (Wildman–Crippen LogP) is -0.185. The highest BCUT2D eigenvalue weighted by Crippen LogP contribution is 2.21. The third-order valence-corrected chi connectivity index (χ3v) is 2.56. The number of carbonyl (C=O) groups excluding carboxylic acids is 2. The van der Waals surface area contributed by atoms with E-state index < -0.39 is 23.3 Å². The van der Waals surface area contributed by atoms with E-state index in [1.807, 2.05) is 0 Å².